The van der Waals surface area contributed by atoms with Gasteiger partial charge in [-0.3, -0.25) is 0 Å². The van der Waals surface area contributed by atoms with Crippen molar-refractivity contribution in [3.63, 3.8) is 0 Å². The molecule has 2 aromatic rings. The molecule has 0 aromatic heterocycles. The molecule has 0 N–H and O–H groups in total. The van der Waals surface area contributed by atoms with E-state index in [0.29, 0.717) is 11.8 Å². The molecule has 2 fully saturated rings. The maximum Gasteiger partial charge on any atom is 0.131 e. The van der Waals surface area contributed by atoms with Crippen LogP contribution in [0.25, 0.3) is 11.1 Å². The highest BCUT2D eigenvalue weighted by molar-refractivity contribution is 6.08. The third kappa shape index (κ3) is 4.43. The average molecular weight is 395 g/mol. The molecule has 2 aromatic carbocycles. The zero-order chi connectivity index (χ0) is 19.5. The van der Waals surface area contributed by atoms with Crippen LogP contribution in [0.5, 0.6) is 0 Å². The summed E-state index contributed by atoms with van der Waals surface area (Å²) >= 11 is 0. The van der Waals surface area contributed by atoms with Crippen LogP contribution in [0.4, 0.5) is 4.39 Å². The van der Waals surface area contributed by atoms with Crippen LogP contribution in [0.2, 0.25) is 6.04 Å². The molecule has 0 aliphatic heterocycles. The van der Waals surface area contributed by atoms with Crippen LogP contribution in [-0.2, 0) is 0 Å². The van der Waals surface area contributed by atoms with Crippen LogP contribution in [0.15, 0.2) is 42.5 Å². The van der Waals surface area contributed by atoms with Gasteiger partial charge in [-0.25, -0.2) is 4.39 Å². The summed E-state index contributed by atoms with van der Waals surface area (Å²) in [6, 6.07) is 16.2. The third-order valence-corrected chi connectivity index (χ3v) is 8.75. The van der Waals surface area contributed by atoms with E-state index < -0.39 is 0 Å². The van der Waals surface area contributed by atoms with Gasteiger partial charge < -0.3 is 0 Å². The van der Waals surface area contributed by atoms with E-state index in [2.05, 4.69) is 37.3 Å². The van der Waals surface area contributed by atoms with E-state index in [-0.39, 0.29) is 5.82 Å². The fourth-order valence-electron chi connectivity index (χ4n) is 5.45. The van der Waals surface area contributed by atoms with Gasteiger partial charge in [-0.05, 0) is 72.1 Å². The molecule has 0 unspecified atom stereocenters. The van der Waals surface area contributed by atoms with Crippen molar-refractivity contribution in [3.8, 4) is 11.1 Å². The van der Waals surface area contributed by atoms with Gasteiger partial charge in [0.05, 0.1) is 0 Å². The summed E-state index contributed by atoms with van der Waals surface area (Å²) in [6.07, 6.45) is 10.4. The van der Waals surface area contributed by atoms with Crippen LogP contribution in [-0.4, -0.2) is 10.2 Å². The zero-order valence-corrected chi connectivity index (χ0v) is 19.6. The number of rotatable bonds is 4. The zero-order valence-electron chi connectivity index (χ0n) is 17.6. The second-order valence-electron chi connectivity index (χ2n) is 9.44. The lowest BCUT2D eigenvalue weighted by Gasteiger charge is -2.28. The molecule has 2 heteroatoms. The molecular formula is C26H35FSi. The van der Waals surface area contributed by atoms with Gasteiger partial charge in [0.1, 0.15) is 5.82 Å². The minimum Gasteiger partial charge on any atom is -0.206 e. The summed E-state index contributed by atoms with van der Waals surface area (Å²) in [7, 11) is 1.34. The van der Waals surface area contributed by atoms with E-state index >= 15 is 0 Å². The minimum atomic E-state index is -0.0588. The van der Waals surface area contributed by atoms with Gasteiger partial charge in [0.2, 0.25) is 0 Å². The molecule has 0 bridgehead atoms. The van der Waals surface area contributed by atoms with Crippen LogP contribution in [0.1, 0.15) is 81.3 Å². The van der Waals surface area contributed by atoms with Crippen LogP contribution >= 0.6 is 0 Å². The first-order valence-corrected chi connectivity index (χ1v) is 12.9. The molecule has 28 heavy (non-hydrogen) atoms. The fraction of sp³-hybridized carbons (Fsp3) is 0.538. The predicted molar refractivity (Wildman–Crippen MR) is 122 cm³/mol. The third-order valence-electron chi connectivity index (χ3n) is 7.60. The first-order valence-electron chi connectivity index (χ1n) is 11.5. The van der Waals surface area contributed by atoms with E-state index in [9.17, 15) is 4.39 Å². The molecule has 0 radical (unpaired) electrons. The molecule has 0 saturated heterocycles. The van der Waals surface area contributed by atoms with E-state index in [0.717, 1.165) is 23.0 Å². The lowest BCUT2D eigenvalue weighted by molar-refractivity contribution is 0.347. The van der Waals surface area contributed by atoms with Crippen molar-refractivity contribution in [2.75, 3.05) is 0 Å². The van der Waals surface area contributed by atoms with Crippen molar-refractivity contribution in [2.45, 2.75) is 76.2 Å². The topological polar surface area (TPSA) is 0 Å². The molecule has 2 aliphatic rings. The van der Waals surface area contributed by atoms with Crippen molar-refractivity contribution in [1.82, 2.24) is 0 Å². The van der Waals surface area contributed by atoms with Gasteiger partial charge in [-0.2, -0.15) is 0 Å². The molecule has 0 heterocycles. The van der Waals surface area contributed by atoms with Gasteiger partial charge in [0.15, 0.2) is 0 Å². The minimum absolute atomic E-state index is 0.0588. The molecule has 150 valence electrons. The number of halogens is 1. The highest BCUT2D eigenvalue weighted by Crippen LogP contribution is 2.39. The lowest BCUT2D eigenvalue weighted by Crippen LogP contribution is -2.12. The molecule has 0 amide bonds. The Morgan fingerprint density at radius 1 is 0.786 bits per heavy atom. The van der Waals surface area contributed by atoms with Crippen molar-refractivity contribution in [2.24, 2.45) is 11.8 Å². The number of benzene rings is 2. The van der Waals surface area contributed by atoms with Gasteiger partial charge in [0.25, 0.3) is 0 Å². The second-order valence-corrected chi connectivity index (χ2v) is 10.3. The molecule has 4 rings (SSSR count). The van der Waals surface area contributed by atoms with Crippen LogP contribution < -0.4 is 0 Å². The molecule has 2 saturated carbocycles. The second kappa shape index (κ2) is 8.94. The Bertz CT molecular complexity index is 766. The summed E-state index contributed by atoms with van der Waals surface area (Å²) in [6.45, 7) is 2.33. The van der Waals surface area contributed by atoms with Crippen molar-refractivity contribution in [1.29, 1.82) is 0 Å². The Morgan fingerprint density at radius 3 is 1.96 bits per heavy atom. The van der Waals surface area contributed by atoms with E-state index in [1.807, 2.05) is 6.07 Å². The summed E-state index contributed by atoms with van der Waals surface area (Å²) < 4.78 is 14.9. The van der Waals surface area contributed by atoms with Crippen LogP contribution in [0.3, 0.4) is 0 Å². The van der Waals surface area contributed by atoms with E-state index in [1.165, 1.54) is 78.8 Å². The van der Waals surface area contributed by atoms with Crippen molar-refractivity contribution >= 4 is 10.2 Å². The highest BCUT2D eigenvalue weighted by atomic mass is 28.1. The molecular weight excluding hydrogens is 359 g/mol. The summed E-state index contributed by atoms with van der Waals surface area (Å²) in [5, 5.41) is 0. The van der Waals surface area contributed by atoms with Gasteiger partial charge in [0, 0.05) is 15.8 Å². The SMILES string of the molecule is CC1CCC(c2ccc(-c3ccc(C4CCC(C[SiH3])CC4)cc3)c(F)c2)CC1. The monoisotopic (exact) mass is 394 g/mol. The van der Waals surface area contributed by atoms with Gasteiger partial charge >= 0.3 is 0 Å². The summed E-state index contributed by atoms with van der Waals surface area (Å²) in [5.74, 6) is 3.01. The lowest BCUT2D eigenvalue weighted by atomic mass is 9.78. The van der Waals surface area contributed by atoms with Gasteiger partial charge in [-0.15, -0.1) is 0 Å². The molecule has 0 atom stereocenters. The van der Waals surface area contributed by atoms with Crippen molar-refractivity contribution < 1.29 is 4.39 Å². The summed E-state index contributed by atoms with van der Waals surface area (Å²) in [5.41, 5.74) is 4.40. The average Bonchev–Trinajstić information content (AvgIpc) is 2.74. The van der Waals surface area contributed by atoms with Crippen molar-refractivity contribution in [3.05, 3.63) is 59.4 Å². The maximum absolute atomic E-state index is 14.9. The summed E-state index contributed by atoms with van der Waals surface area (Å²) in [4.78, 5) is 0. The first kappa shape index (κ1) is 19.9. The first-order chi connectivity index (χ1) is 13.6. The maximum atomic E-state index is 14.9. The largest absolute Gasteiger partial charge is 0.206 e. The predicted octanol–water partition coefficient (Wildman–Crippen LogP) is 6.84. The molecule has 2 aliphatic carbocycles. The van der Waals surface area contributed by atoms with E-state index in [1.54, 1.807) is 6.07 Å². The Balaban J connectivity index is 1.45. The van der Waals surface area contributed by atoms with Gasteiger partial charge in [-0.1, -0.05) is 75.0 Å². The number of hydrogen-bond acceptors (Lipinski definition) is 0. The van der Waals surface area contributed by atoms with E-state index in [4.69, 9.17) is 0 Å². The Labute approximate surface area is 173 Å². The quantitative estimate of drug-likeness (QED) is 0.498. The normalized spacial score (nSPS) is 28.4. The Morgan fingerprint density at radius 2 is 1.36 bits per heavy atom. The number of hydrogen-bond donors (Lipinski definition) is 0. The molecule has 0 nitrogen and oxygen atoms in total. The highest BCUT2D eigenvalue weighted by Gasteiger charge is 2.22. The van der Waals surface area contributed by atoms with Crippen LogP contribution in [0, 0.1) is 17.7 Å². The standard InChI is InChI=1S/C26H35FSi/c1-18-2-6-22(7-3-18)24-14-15-25(26(27)16-24)23-12-10-21(11-13-23)20-8-4-19(17-28)5-9-20/h10-16,18-20,22H,2-9,17H2,1,28H3. The molecule has 0 spiro atoms. The Kier molecular flexibility index (Phi) is 6.35. The Hall–Kier alpha value is -1.41. The smallest absolute Gasteiger partial charge is 0.131 e. The fourth-order valence-corrected chi connectivity index (χ4v) is 6.27.